The standard InChI is InChI=1S/C21H26N2O3S/c1-4-17-10-7-8-16(2)21(17)23(27(3,25)26)15-13-20(24)22-14-12-18-9-5-6-11-19(18)22/h5-11H,4,12-15H2,1-3H3. The maximum absolute atomic E-state index is 12.8. The van der Waals surface area contributed by atoms with Crippen molar-refractivity contribution in [3.8, 4) is 0 Å². The first-order valence-corrected chi connectivity index (χ1v) is 11.1. The van der Waals surface area contributed by atoms with Crippen molar-refractivity contribution < 1.29 is 13.2 Å². The van der Waals surface area contributed by atoms with Crippen LogP contribution in [0.2, 0.25) is 0 Å². The third-order valence-corrected chi connectivity index (χ3v) is 6.23. The molecule has 1 aliphatic heterocycles. The van der Waals surface area contributed by atoms with Crippen LogP contribution in [0, 0.1) is 6.92 Å². The number of benzene rings is 2. The number of amides is 1. The maximum Gasteiger partial charge on any atom is 0.232 e. The number of carbonyl (C=O) groups excluding carboxylic acids is 1. The molecule has 0 saturated carbocycles. The second-order valence-electron chi connectivity index (χ2n) is 6.95. The van der Waals surface area contributed by atoms with Crippen molar-refractivity contribution in [2.24, 2.45) is 0 Å². The Hall–Kier alpha value is -2.34. The van der Waals surface area contributed by atoms with Gasteiger partial charge in [0.25, 0.3) is 0 Å². The second kappa shape index (κ2) is 7.72. The molecule has 1 amide bonds. The van der Waals surface area contributed by atoms with Crippen LogP contribution in [-0.2, 0) is 27.7 Å². The number of carbonyl (C=O) groups is 1. The van der Waals surface area contributed by atoms with E-state index in [2.05, 4.69) is 0 Å². The summed E-state index contributed by atoms with van der Waals surface area (Å²) in [6.45, 7) is 4.71. The summed E-state index contributed by atoms with van der Waals surface area (Å²) in [5, 5.41) is 0. The first kappa shape index (κ1) is 19.4. The van der Waals surface area contributed by atoms with Gasteiger partial charge in [0.1, 0.15) is 0 Å². The lowest BCUT2D eigenvalue weighted by atomic mass is 10.1. The summed E-state index contributed by atoms with van der Waals surface area (Å²) < 4.78 is 26.4. The molecule has 27 heavy (non-hydrogen) atoms. The Bertz CT molecular complexity index is 954. The van der Waals surface area contributed by atoms with Crippen LogP contribution in [0.25, 0.3) is 0 Å². The van der Waals surface area contributed by atoms with Gasteiger partial charge in [-0.2, -0.15) is 0 Å². The van der Waals surface area contributed by atoms with Crippen molar-refractivity contribution in [2.75, 3.05) is 28.6 Å². The van der Waals surface area contributed by atoms with Crippen molar-refractivity contribution in [3.05, 3.63) is 59.2 Å². The van der Waals surface area contributed by atoms with E-state index >= 15 is 0 Å². The van der Waals surface area contributed by atoms with Crippen LogP contribution in [0.3, 0.4) is 0 Å². The Morgan fingerprint density at radius 1 is 1.15 bits per heavy atom. The quantitative estimate of drug-likeness (QED) is 0.765. The monoisotopic (exact) mass is 386 g/mol. The summed E-state index contributed by atoms with van der Waals surface area (Å²) in [5.74, 6) is -0.0415. The van der Waals surface area contributed by atoms with Gasteiger partial charge in [-0.25, -0.2) is 8.42 Å². The van der Waals surface area contributed by atoms with E-state index < -0.39 is 10.0 Å². The van der Waals surface area contributed by atoms with Gasteiger partial charge in [-0.15, -0.1) is 0 Å². The summed E-state index contributed by atoms with van der Waals surface area (Å²) in [6, 6.07) is 13.7. The van der Waals surface area contributed by atoms with E-state index in [0.717, 1.165) is 35.2 Å². The Morgan fingerprint density at radius 3 is 2.59 bits per heavy atom. The number of hydrogen-bond acceptors (Lipinski definition) is 3. The Morgan fingerprint density at radius 2 is 1.89 bits per heavy atom. The summed E-state index contributed by atoms with van der Waals surface area (Å²) in [4.78, 5) is 14.6. The largest absolute Gasteiger partial charge is 0.312 e. The summed E-state index contributed by atoms with van der Waals surface area (Å²) >= 11 is 0. The van der Waals surface area contributed by atoms with Crippen molar-refractivity contribution in [1.29, 1.82) is 0 Å². The highest BCUT2D eigenvalue weighted by Crippen LogP contribution is 2.30. The van der Waals surface area contributed by atoms with Gasteiger partial charge in [0.05, 0.1) is 11.9 Å². The molecule has 2 aromatic rings. The molecule has 0 aliphatic carbocycles. The lowest BCUT2D eigenvalue weighted by Crippen LogP contribution is -2.37. The first-order valence-electron chi connectivity index (χ1n) is 9.27. The molecule has 0 N–H and O–H groups in total. The molecule has 0 saturated heterocycles. The maximum atomic E-state index is 12.8. The molecule has 1 aliphatic rings. The van der Waals surface area contributed by atoms with Crippen LogP contribution in [0.4, 0.5) is 11.4 Å². The number of fused-ring (bicyclic) bond motifs is 1. The fourth-order valence-corrected chi connectivity index (χ4v) is 4.75. The molecule has 0 atom stereocenters. The lowest BCUT2D eigenvalue weighted by Gasteiger charge is -2.27. The van der Waals surface area contributed by atoms with E-state index in [0.29, 0.717) is 12.2 Å². The number of para-hydroxylation sites is 2. The van der Waals surface area contributed by atoms with Crippen molar-refractivity contribution >= 4 is 27.3 Å². The number of sulfonamides is 1. The SMILES string of the molecule is CCc1cccc(C)c1N(CCC(=O)N1CCc2ccccc21)S(C)(=O)=O. The molecule has 0 aromatic heterocycles. The van der Waals surface area contributed by atoms with Crippen LogP contribution in [0.5, 0.6) is 0 Å². The Balaban J connectivity index is 1.83. The van der Waals surface area contributed by atoms with Gasteiger partial charge in [0.15, 0.2) is 0 Å². The molecular weight excluding hydrogens is 360 g/mol. The van der Waals surface area contributed by atoms with E-state index in [9.17, 15) is 13.2 Å². The molecular formula is C21H26N2O3S. The van der Waals surface area contributed by atoms with Crippen LogP contribution >= 0.6 is 0 Å². The molecule has 0 spiro atoms. The molecule has 0 fully saturated rings. The van der Waals surface area contributed by atoms with Gasteiger partial charge in [-0.1, -0.05) is 43.3 Å². The summed E-state index contributed by atoms with van der Waals surface area (Å²) in [5.41, 5.74) is 4.69. The molecule has 3 rings (SSSR count). The fraction of sp³-hybridized carbons (Fsp3) is 0.381. The predicted molar refractivity (Wildman–Crippen MR) is 110 cm³/mol. The zero-order chi connectivity index (χ0) is 19.6. The molecule has 0 radical (unpaired) electrons. The van der Waals surface area contributed by atoms with E-state index in [1.165, 1.54) is 10.6 Å². The second-order valence-corrected chi connectivity index (χ2v) is 8.85. The summed E-state index contributed by atoms with van der Waals surface area (Å²) in [7, 11) is -3.49. The molecule has 1 heterocycles. The van der Waals surface area contributed by atoms with Gasteiger partial charge < -0.3 is 4.90 Å². The van der Waals surface area contributed by atoms with Gasteiger partial charge >= 0.3 is 0 Å². The van der Waals surface area contributed by atoms with E-state index in [-0.39, 0.29) is 18.9 Å². The minimum absolute atomic E-state index is 0.0415. The topological polar surface area (TPSA) is 57.7 Å². The number of anilines is 2. The molecule has 5 nitrogen and oxygen atoms in total. The van der Waals surface area contributed by atoms with Crippen molar-refractivity contribution in [1.82, 2.24) is 0 Å². The van der Waals surface area contributed by atoms with E-state index in [1.54, 1.807) is 4.90 Å². The normalized spacial score (nSPS) is 13.5. The van der Waals surface area contributed by atoms with Crippen LogP contribution in [0.1, 0.15) is 30.0 Å². The molecule has 144 valence electrons. The third kappa shape index (κ3) is 4.00. The Kier molecular flexibility index (Phi) is 5.56. The minimum atomic E-state index is -3.49. The smallest absolute Gasteiger partial charge is 0.232 e. The number of nitrogens with zero attached hydrogens (tertiary/aromatic N) is 2. The number of hydrogen-bond donors (Lipinski definition) is 0. The van der Waals surface area contributed by atoms with Crippen molar-refractivity contribution in [2.45, 2.75) is 33.1 Å². The average Bonchev–Trinajstić information content (AvgIpc) is 3.06. The van der Waals surface area contributed by atoms with E-state index in [1.807, 2.05) is 56.3 Å². The van der Waals surface area contributed by atoms with Crippen LogP contribution < -0.4 is 9.21 Å². The van der Waals surface area contributed by atoms with Gasteiger partial charge in [-0.05, 0) is 42.5 Å². The highest BCUT2D eigenvalue weighted by Gasteiger charge is 2.27. The zero-order valence-electron chi connectivity index (χ0n) is 16.1. The van der Waals surface area contributed by atoms with Gasteiger partial charge in [0.2, 0.25) is 15.9 Å². The zero-order valence-corrected chi connectivity index (χ0v) is 16.9. The molecule has 0 unspecified atom stereocenters. The third-order valence-electron chi connectivity index (χ3n) is 5.07. The molecule has 6 heteroatoms. The van der Waals surface area contributed by atoms with Crippen LogP contribution in [-0.4, -0.2) is 33.7 Å². The van der Waals surface area contributed by atoms with Crippen molar-refractivity contribution in [3.63, 3.8) is 0 Å². The Labute approximate surface area is 161 Å². The lowest BCUT2D eigenvalue weighted by molar-refractivity contribution is -0.118. The molecule has 0 bridgehead atoms. The fourth-order valence-electron chi connectivity index (χ4n) is 3.73. The van der Waals surface area contributed by atoms with Gasteiger partial charge in [-0.3, -0.25) is 9.10 Å². The molecule has 2 aromatic carbocycles. The number of aryl methyl sites for hydroxylation is 2. The number of rotatable bonds is 6. The van der Waals surface area contributed by atoms with E-state index in [4.69, 9.17) is 0 Å². The summed E-state index contributed by atoms with van der Waals surface area (Å²) in [6.07, 6.45) is 2.93. The highest BCUT2D eigenvalue weighted by atomic mass is 32.2. The van der Waals surface area contributed by atoms with Crippen LogP contribution in [0.15, 0.2) is 42.5 Å². The first-order chi connectivity index (χ1) is 12.8. The van der Waals surface area contributed by atoms with Gasteiger partial charge in [0, 0.05) is 25.2 Å². The highest BCUT2D eigenvalue weighted by molar-refractivity contribution is 7.92. The average molecular weight is 387 g/mol. The predicted octanol–water partition coefficient (Wildman–Crippen LogP) is 3.30. The minimum Gasteiger partial charge on any atom is -0.312 e.